The van der Waals surface area contributed by atoms with Crippen LogP contribution in [0.25, 0.3) is 0 Å². The lowest BCUT2D eigenvalue weighted by molar-refractivity contribution is 0.100. The molecule has 1 aromatic heterocycles. The van der Waals surface area contributed by atoms with E-state index in [1.54, 1.807) is 0 Å². The summed E-state index contributed by atoms with van der Waals surface area (Å²) >= 11 is 1.24. The van der Waals surface area contributed by atoms with E-state index in [1.165, 1.54) is 17.8 Å². The normalized spacial score (nSPS) is 19.2. The van der Waals surface area contributed by atoms with Crippen molar-refractivity contribution < 1.29 is 4.79 Å². The fourth-order valence-electron chi connectivity index (χ4n) is 2.53. The Morgan fingerprint density at radius 1 is 1.63 bits per heavy atom. The summed E-state index contributed by atoms with van der Waals surface area (Å²) in [6, 6.07) is 2.11. The first-order chi connectivity index (χ1) is 9.08. The maximum atomic E-state index is 11.3. The van der Waals surface area contributed by atoms with E-state index in [-0.39, 0.29) is 5.69 Å². The Labute approximate surface area is 116 Å². The van der Waals surface area contributed by atoms with Crippen LogP contribution in [-0.4, -0.2) is 19.0 Å². The van der Waals surface area contributed by atoms with Crippen LogP contribution in [0.4, 0.5) is 10.7 Å². The van der Waals surface area contributed by atoms with Gasteiger partial charge in [0.1, 0.15) is 21.5 Å². The van der Waals surface area contributed by atoms with Crippen molar-refractivity contribution in [2.75, 3.05) is 23.7 Å². The Bertz CT molecular complexity index is 531. The van der Waals surface area contributed by atoms with Gasteiger partial charge in [-0.3, -0.25) is 4.79 Å². The number of piperidine rings is 1. The van der Waals surface area contributed by atoms with Crippen LogP contribution >= 0.6 is 11.3 Å². The molecule has 5 nitrogen and oxygen atoms in total. The highest BCUT2D eigenvalue weighted by molar-refractivity contribution is 7.19. The summed E-state index contributed by atoms with van der Waals surface area (Å²) in [6.07, 6.45) is 3.45. The average Bonchev–Trinajstić information content (AvgIpc) is 2.75. The smallest absolute Gasteiger partial charge is 0.261 e. The number of carbonyl (C=O) groups is 1. The molecule has 1 aliphatic rings. The van der Waals surface area contributed by atoms with Crippen molar-refractivity contribution in [3.63, 3.8) is 0 Å². The van der Waals surface area contributed by atoms with Gasteiger partial charge >= 0.3 is 0 Å². The minimum absolute atomic E-state index is 0.230. The molecule has 1 amide bonds. The molecule has 1 aliphatic heterocycles. The van der Waals surface area contributed by atoms with E-state index in [1.807, 2.05) is 0 Å². The number of nitriles is 1. The third-order valence-corrected chi connectivity index (χ3v) is 4.93. The van der Waals surface area contributed by atoms with Gasteiger partial charge in [-0.2, -0.15) is 5.26 Å². The number of thiophene rings is 1. The predicted octanol–water partition coefficient (Wildman–Crippen LogP) is 1.93. The number of hydrogen-bond donors (Lipinski definition) is 2. The van der Waals surface area contributed by atoms with E-state index in [9.17, 15) is 10.1 Å². The molecule has 0 bridgehead atoms. The van der Waals surface area contributed by atoms with Gasteiger partial charge in [-0.05, 0) is 18.8 Å². The number of carbonyl (C=O) groups excluding carboxylic acids is 1. The monoisotopic (exact) mass is 278 g/mol. The third kappa shape index (κ3) is 2.51. The van der Waals surface area contributed by atoms with Crippen LogP contribution < -0.4 is 16.4 Å². The molecule has 0 aromatic carbocycles. The molecule has 1 fully saturated rings. The Hall–Kier alpha value is -1.74. The van der Waals surface area contributed by atoms with Crippen LogP contribution in [0.3, 0.4) is 0 Å². The summed E-state index contributed by atoms with van der Waals surface area (Å²) in [5, 5.41) is 10.0. The lowest BCUT2D eigenvalue weighted by Crippen LogP contribution is -2.35. The summed E-state index contributed by atoms with van der Waals surface area (Å²) in [6.45, 7) is 4.00. The van der Waals surface area contributed by atoms with Gasteiger partial charge in [0.25, 0.3) is 5.91 Å². The number of anilines is 2. The zero-order valence-electron chi connectivity index (χ0n) is 11.0. The lowest BCUT2D eigenvalue weighted by atomic mass is 9.96. The fourth-order valence-corrected chi connectivity index (χ4v) is 3.59. The summed E-state index contributed by atoms with van der Waals surface area (Å²) in [5.74, 6) is 0.0787. The number of nitrogen functional groups attached to an aromatic ring is 1. The molecule has 1 atom stereocenters. The van der Waals surface area contributed by atoms with Crippen LogP contribution in [0.5, 0.6) is 0 Å². The third-order valence-electron chi connectivity index (χ3n) is 3.65. The van der Waals surface area contributed by atoms with E-state index in [4.69, 9.17) is 11.5 Å². The maximum Gasteiger partial charge on any atom is 0.261 e. The summed E-state index contributed by atoms with van der Waals surface area (Å²) < 4.78 is 0. The molecule has 0 spiro atoms. The standard InChI is InChI=1S/C13H18N4OS/c1-2-8-4-3-5-17(7-8)13-9(6-14)10(15)11(19-13)12(16)18/h8H,2-5,7,15H2,1H3,(H2,16,18). The van der Waals surface area contributed by atoms with Gasteiger partial charge in [-0.25, -0.2) is 0 Å². The molecule has 102 valence electrons. The zero-order valence-corrected chi connectivity index (χ0v) is 11.8. The first-order valence-electron chi connectivity index (χ1n) is 6.45. The van der Waals surface area contributed by atoms with Crippen molar-refractivity contribution in [2.45, 2.75) is 26.2 Å². The van der Waals surface area contributed by atoms with Crippen LogP contribution in [0.1, 0.15) is 41.4 Å². The van der Waals surface area contributed by atoms with Crippen LogP contribution in [0.2, 0.25) is 0 Å². The highest BCUT2D eigenvalue weighted by atomic mass is 32.1. The van der Waals surface area contributed by atoms with Gasteiger partial charge in [0.15, 0.2) is 0 Å². The molecule has 1 saturated heterocycles. The van der Waals surface area contributed by atoms with E-state index in [0.717, 1.165) is 30.9 Å². The highest BCUT2D eigenvalue weighted by Gasteiger charge is 2.26. The van der Waals surface area contributed by atoms with E-state index >= 15 is 0 Å². The lowest BCUT2D eigenvalue weighted by Gasteiger charge is -2.33. The second kappa shape index (κ2) is 5.49. The molecule has 19 heavy (non-hydrogen) atoms. The van der Waals surface area contributed by atoms with E-state index in [2.05, 4.69) is 17.9 Å². The first-order valence-corrected chi connectivity index (χ1v) is 7.27. The molecule has 6 heteroatoms. The van der Waals surface area contributed by atoms with Crippen molar-refractivity contribution >= 4 is 27.9 Å². The largest absolute Gasteiger partial charge is 0.396 e. The van der Waals surface area contributed by atoms with Gasteiger partial charge in [-0.15, -0.1) is 11.3 Å². The summed E-state index contributed by atoms with van der Waals surface area (Å²) in [4.78, 5) is 13.8. The van der Waals surface area contributed by atoms with Gasteiger partial charge in [0, 0.05) is 13.1 Å². The van der Waals surface area contributed by atoms with Crippen molar-refractivity contribution in [3.05, 3.63) is 10.4 Å². The zero-order chi connectivity index (χ0) is 14.0. The average molecular weight is 278 g/mol. The van der Waals surface area contributed by atoms with Gasteiger partial charge in [0.05, 0.1) is 5.69 Å². The van der Waals surface area contributed by atoms with E-state index < -0.39 is 5.91 Å². The predicted molar refractivity (Wildman–Crippen MR) is 77.2 cm³/mol. The molecule has 1 unspecified atom stereocenters. The Balaban J connectivity index is 2.36. The molecule has 1 aromatic rings. The molecule has 0 saturated carbocycles. The number of primary amides is 1. The number of hydrogen-bond acceptors (Lipinski definition) is 5. The minimum atomic E-state index is -0.561. The molecule has 2 heterocycles. The van der Waals surface area contributed by atoms with Gasteiger partial charge in [0.2, 0.25) is 0 Å². The molecule has 2 rings (SSSR count). The first kappa shape index (κ1) is 13.7. The van der Waals surface area contributed by atoms with E-state index in [0.29, 0.717) is 16.4 Å². The Morgan fingerprint density at radius 3 is 2.95 bits per heavy atom. The second-order valence-electron chi connectivity index (χ2n) is 4.86. The molecule has 0 radical (unpaired) electrons. The van der Waals surface area contributed by atoms with Crippen LogP contribution in [0, 0.1) is 17.2 Å². The second-order valence-corrected chi connectivity index (χ2v) is 5.86. The number of amides is 1. The van der Waals surface area contributed by atoms with Crippen molar-refractivity contribution in [2.24, 2.45) is 11.7 Å². The summed E-state index contributed by atoms with van der Waals surface area (Å²) in [7, 11) is 0. The summed E-state index contributed by atoms with van der Waals surface area (Å²) in [5.41, 5.74) is 11.8. The van der Waals surface area contributed by atoms with Crippen molar-refractivity contribution in [1.82, 2.24) is 0 Å². The fraction of sp³-hybridized carbons (Fsp3) is 0.538. The molecular formula is C13H18N4OS. The van der Waals surface area contributed by atoms with Crippen molar-refractivity contribution in [3.8, 4) is 6.07 Å². The van der Waals surface area contributed by atoms with Crippen molar-refractivity contribution in [1.29, 1.82) is 5.26 Å². The van der Waals surface area contributed by atoms with Crippen LogP contribution in [0.15, 0.2) is 0 Å². The molecule has 4 N–H and O–H groups in total. The number of nitrogens with two attached hydrogens (primary N) is 2. The molecular weight excluding hydrogens is 260 g/mol. The number of nitrogens with zero attached hydrogens (tertiary/aromatic N) is 2. The SMILES string of the molecule is CCC1CCCN(c2sc(C(N)=O)c(N)c2C#N)C1. The highest BCUT2D eigenvalue weighted by Crippen LogP contribution is 2.39. The molecule has 0 aliphatic carbocycles. The number of rotatable bonds is 3. The Morgan fingerprint density at radius 2 is 2.37 bits per heavy atom. The quantitative estimate of drug-likeness (QED) is 0.883. The van der Waals surface area contributed by atoms with Crippen LogP contribution in [-0.2, 0) is 0 Å². The minimum Gasteiger partial charge on any atom is -0.396 e. The van der Waals surface area contributed by atoms with Gasteiger partial charge < -0.3 is 16.4 Å². The Kier molecular flexibility index (Phi) is 3.96. The maximum absolute atomic E-state index is 11.3. The van der Waals surface area contributed by atoms with Gasteiger partial charge in [-0.1, -0.05) is 13.3 Å². The topological polar surface area (TPSA) is 96.1 Å².